The third kappa shape index (κ3) is 3.01. The fourth-order valence-electron chi connectivity index (χ4n) is 1.29. The number of carbonyl (C=O) groups excluding carboxylic acids is 1. The second kappa shape index (κ2) is 5.40. The molecule has 1 rings (SSSR count). The molecule has 19 heavy (non-hydrogen) atoms. The van der Waals surface area contributed by atoms with Gasteiger partial charge in [-0.15, -0.1) is 0 Å². The summed E-state index contributed by atoms with van der Waals surface area (Å²) in [6.45, 7) is 2.84. The average Bonchev–Trinajstić information content (AvgIpc) is 2.38. The molecule has 1 aromatic rings. The molecule has 0 bridgehead atoms. The van der Waals surface area contributed by atoms with Crippen LogP contribution >= 0.6 is 0 Å². The fraction of sp³-hybridized carbons (Fsp3) is 0.308. The van der Waals surface area contributed by atoms with Gasteiger partial charge in [0.05, 0.1) is 11.3 Å². The molecule has 0 aromatic heterocycles. The van der Waals surface area contributed by atoms with Gasteiger partial charge in [-0.1, -0.05) is 12.1 Å². The number of carbonyl (C=O) groups is 2. The number of anilines is 1. The van der Waals surface area contributed by atoms with Crippen molar-refractivity contribution in [1.82, 2.24) is 4.90 Å². The van der Waals surface area contributed by atoms with E-state index in [4.69, 9.17) is 10.4 Å². The molecule has 0 aliphatic heterocycles. The summed E-state index contributed by atoms with van der Waals surface area (Å²) >= 11 is 0. The molecule has 0 heterocycles. The Labute approximate surface area is 111 Å². The predicted molar refractivity (Wildman–Crippen MR) is 69.7 cm³/mol. The van der Waals surface area contributed by atoms with Crippen LogP contribution in [0.15, 0.2) is 24.3 Å². The van der Waals surface area contributed by atoms with Crippen molar-refractivity contribution in [3.05, 3.63) is 29.8 Å². The molecular weight excluding hydrogens is 246 g/mol. The number of nitrogens with one attached hydrogen (secondary N) is 1. The highest BCUT2D eigenvalue weighted by Crippen LogP contribution is 2.17. The molecule has 2 amide bonds. The maximum absolute atomic E-state index is 12.0. The molecule has 0 saturated carbocycles. The van der Waals surface area contributed by atoms with Gasteiger partial charge in [-0.3, -0.25) is 0 Å². The summed E-state index contributed by atoms with van der Waals surface area (Å²) in [5.41, 5.74) is -0.675. The number of urea groups is 1. The minimum absolute atomic E-state index is 0.317. The highest BCUT2D eigenvalue weighted by Gasteiger charge is 2.35. The SMILES string of the molecule is CN(C(=O)Nc1ccccc1C#N)C(C)(C)C(=O)O. The van der Waals surface area contributed by atoms with Crippen LogP contribution in [-0.2, 0) is 4.79 Å². The molecule has 6 heteroatoms. The number of rotatable bonds is 3. The van der Waals surface area contributed by atoms with E-state index in [0.29, 0.717) is 11.3 Å². The first-order valence-electron chi connectivity index (χ1n) is 5.58. The maximum Gasteiger partial charge on any atom is 0.329 e. The van der Waals surface area contributed by atoms with E-state index in [2.05, 4.69) is 5.32 Å². The number of benzene rings is 1. The Morgan fingerprint density at radius 1 is 1.37 bits per heavy atom. The number of carboxylic acid groups (broad SMARTS) is 1. The summed E-state index contributed by atoms with van der Waals surface area (Å²) in [5.74, 6) is -1.11. The number of nitrogens with zero attached hydrogens (tertiary/aromatic N) is 2. The summed E-state index contributed by atoms with van der Waals surface area (Å²) in [7, 11) is 1.39. The molecule has 0 unspecified atom stereocenters. The lowest BCUT2D eigenvalue weighted by atomic mass is 10.0. The number of aliphatic carboxylic acids is 1. The van der Waals surface area contributed by atoms with E-state index in [1.807, 2.05) is 6.07 Å². The number of hydrogen-bond donors (Lipinski definition) is 2. The molecule has 0 aliphatic rings. The van der Waals surface area contributed by atoms with Crippen LogP contribution < -0.4 is 5.32 Å². The van der Waals surface area contributed by atoms with Gasteiger partial charge in [0, 0.05) is 7.05 Å². The third-order valence-electron chi connectivity index (χ3n) is 2.96. The molecule has 0 fully saturated rings. The summed E-state index contributed by atoms with van der Waals surface area (Å²) in [5, 5.41) is 20.5. The lowest BCUT2D eigenvalue weighted by molar-refractivity contribution is -0.146. The molecule has 6 nitrogen and oxygen atoms in total. The Bertz CT molecular complexity index is 546. The molecule has 0 saturated heterocycles. The zero-order valence-electron chi connectivity index (χ0n) is 11.0. The largest absolute Gasteiger partial charge is 0.480 e. The Morgan fingerprint density at radius 2 is 1.95 bits per heavy atom. The molecule has 0 atom stereocenters. The van der Waals surface area contributed by atoms with Gasteiger partial charge in [0.15, 0.2) is 0 Å². The number of amides is 2. The van der Waals surface area contributed by atoms with Gasteiger partial charge in [0.2, 0.25) is 0 Å². The predicted octanol–water partition coefficient (Wildman–Crippen LogP) is 1.89. The zero-order chi connectivity index (χ0) is 14.6. The third-order valence-corrected chi connectivity index (χ3v) is 2.96. The van der Waals surface area contributed by atoms with Gasteiger partial charge in [-0.2, -0.15) is 5.26 Å². The molecule has 0 aliphatic carbocycles. The highest BCUT2D eigenvalue weighted by molar-refractivity contribution is 5.94. The van der Waals surface area contributed by atoms with Crippen LogP contribution in [0.25, 0.3) is 0 Å². The number of carboxylic acids is 1. The topological polar surface area (TPSA) is 93.4 Å². The van der Waals surface area contributed by atoms with Gasteiger partial charge in [-0.05, 0) is 26.0 Å². The number of nitriles is 1. The fourth-order valence-corrected chi connectivity index (χ4v) is 1.29. The minimum Gasteiger partial charge on any atom is -0.480 e. The van der Waals surface area contributed by atoms with Crippen molar-refractivity contribution in [2.75, 3.05) is 12.4 Å². The monoisotopic (exact) mass is 261 g/mol. The quantitative estimate of drug-likeness (QED) is 0.868. The van der Waals surface area contributed by atoms with Crippen LogP contribution in [0, 0.1) is 11.3 Å². The lowest BCUT2D eigenvalue weighted by Gasteiger charge is -2.31. The number of likely N-dealkylation sites (N-methyl/N-ethyl adjacent to an activating group) is 1. The standard InChI is InChI=1S/C13H15N3O3/c1-13(2,11(17)18)16(3)12(19)15-10-7-5-4-6-9(10)8-14/h4-7H,1-3H3,(H,15,19)(H,17,18). The Balaban J connectivity index is 2.92. The molecule has 2 N–H and O–H groups in total. The molecule has 0 radical (unpaired) electrons. The number of hydrogen-bond acceptors (Lipinski definition) is 3. The van der Waals surface area contributed by atoms with E-state index in [1.54, 1.807) is 24.3 Å². The van der Waals surface area contributed by atoms with E-state index in [-0.39, 0.29) is 0 Å². The van der Waals surface area contributed by atoms with Crippen LogP contribution in [-0.4, -0.2) is 34.6 Å². The van der Waals surface area contributed by atoms with Crippen molar-refractivity contribution in [1.29, 1.82) is 5.26 Å². The van der Waals surface area contributed by atoms with Gasteiger partial charge in [0.1, 0.15) is 11.6 Å². The van der Waals surface area contributed by atoms with Gasteiger partial charge < -0.3 is 15.3 Å². The first-order valence-corrected chi connectivity index (χ1v) is 5.58. The van der Waals surface area contributed by atoms with E-state index in [1.165, 1.54) is 20.9 Å². The van der Waals surface area contributed by atoms with Crippen molar-refractivity contribution >= 4 is 17.7 Å². The molecule has 0 spiro atoms. The van der Waals surface area contributed by atoms with Crippen LogP contribution in [0.5, 0.6) is 0 Å². The second-order valence-corrected chi connectivity index (χ2v) is 4.51. The molecular formula is C13H15N3O3. The van der Waals surface area contributed by atoms with Crippen molar-refractivity contribution in [3.8, 4) is 6.07 Å². The van der Waals surface area contributed by atoms with Crippen LogP contribution in [0.1, 0.15) is 19.4 Å². The Hall–Kier alpha value is -2.55. The van der Waals surface area contributed by atoms with Crippen molar-refractivity contribution in [2.24, 2.45) is 0 Å². The maximum atomic E-state index is 12.0. The lowest BCUT2D eigenvalue weighted by Crippen LogP contribution is -2.52. The molecule has 1 aromatic carbocycles. The summed E-state index contributed by atoms with van der Waals surface area (Å²) in [6.07, 6.45) is 0. The highest BCUT2D eigenvalue weighted by atomic mass is 16.4. The van der Waals surface area contributed by atoms with E-state index < -0.39 is 17.5 Å². The second-order valence-electron chi connectivity index (χ2n) is 4.51. The normalized spacial score (nSPS) is 10.4. The number of para-hydroxylation sites is 1. The summed E-state index contributed by atoms with van der Waals surface area (Å²) in [6, 6.07) is 7.87. The zero-order valence-corrected chi connectivity index (χ0v) is 11.0. The van der Waals surface area contributed by atoms with Gasteiger partial charge in [0.25, 0.3) is 0 Å². The molecule has 100 valence electrons. The average molecular weight is 261 g/mol. The van der Waals surface area contributed by atoms with Gasteiger partial charge in [-0.25, -0.2) is 9.59 Å². The van der Waals surface area contributed by atoms with E-state index >= 15 is 0 Å². The van der Waals surface area contributed by atoms with E-state index in [0.717, 1.165) is 4.90 Å². The first kappa shape index (κ1) is 14.5. The first-order chi connectivity index (χ1) is 8.80. The van der Waals surface area contributed by atoms with Crippen molar-refractivity contribution < 1.29 is 14.7 Å². The van der Waals surface area contributed by atoms with Crippen molar-refractivity contribution in [2.45, 2.75) is 19.4 Å². The van der Waals surface area contributed by atoms with Crippen LogP contribution in [0.4, 0.5) is 10.5 Å². The van der Waals surface area contributed by atoms with Crippen molar-refractivity contribution in [3.63, 3.8) is 0 Å². The van der Waals surface area contributed by atoms with E-state index in [9.17, 15) is 9.59 Å². The minimum atomic E-state index is -1.34. The van der Waals surface area contributed by atoms with Crippen LogP contribution in [0.3, 0.4) is 0 Å². The van der Waals surface area contributed by atoms with Crippen LogP contribution in [0.2, 0.25) is 0 Å². The van der Waals surface area contributed by atoms with Gasteiger partial charge >= 0.3 is 12.0 Å². The Morgan fingerprint density at radius 3 is 2.47 bits per heavy atom. The summed E-state index contributed by atoms with van der Waals surface area (Å²) < 4.78 is 0. The Kier molecular flexibility index (Phi) is 4.12. The summed E-state index contributed by atoms with van der Waals surface area (Å²) in [4.78, 5) is 24.1. The smallest absolute Gasteiger partial charge is 0.329 e.